The summed E-state index contributed by atoms with van der Waals surface area (Å²) in [5, 5.41) is 8.85. The smallest absolute Gasteiger partial charge is 0.314 e. The van der Waals surface area contributed by atoms with Crippen molar-refractivity contribution in [3.63, 3.8) is 0 Å². The number of carbonyl (C=O) groups is 1. The summed E-state index contributed by atoms with van der Waals surface area (Å²) in [5.74, 6) is 4.00. The van der Waals surface area contributed by atoms with Crippen molar-refractivity contribution in [2.45, 2.75) is 78.1 Å². The lowest BCUT2D eigenvalue weighted by atomic mass is 9.68. The highest BCUT2D eigenvalue weighted by atomic mass is 16.5. The summed E-state index contributed by atoms with van der Waals surface area (Å²) in [6.45, 7) is 4.70. The van der Waals surface area contributed by atoms with Crippen molar-refractivity contribution >= 4 is 5.97 Å². The van der Waals surface area contributed by atoms with Crippen LogP contribution in [0.15, 0.2) is 24.3 Å². The number of carbonyl (C=O) groups excluding carboxylic acids is 1. The maximum absolute atomic E-state index is 12.5. The Labute approximate surface area is 170 Å². The van der Waals surface area contributed by atoms with E-state index >= 15 is 0 Å². The van der Waals surface area contributed by atoms with Crippen LogP contribution in [0.25, 0.3) is 0 Å². The Balaban J connectivity index is 1.40. The number of hydrogen-bond donors (Lipinski definition) is 0. The first-order valence-electron chi connectivity index (χ1n) is 11.3. The summed E-state index contributed by atoms with van der Waals surface area (Å²) in [6.07, 6.45) is 12.6. The van der Waals surface area contributed by atoms with E-state index in [1.807, 2.05) is 0 Å². The molecule has 3 nitrogen and oxygen atoms in total. The normalized spacial score (nSPS) is 28.9. The standard InChI is InChI=1S/C25H35NO2/c1-3-18(2)16-19-4-8-21(9-5-19)22-10-12-23(13-11-22)25(27)28-24-14-6-20(17-26)7-15-24/h6-7,14-15,18-19,21-23H,3-5,8-13,16H2,1-2H3. The van der Waals surface area contributed by atoms with Gasteiger partial charge >= 0.3 is 5.97 Å². The van der Waals surface area contributed by atoms with Crippen molar-refractivity contribution in [2.75, 3.05) is 0 Å². The highest BCUT2D eigenvalue weighted by Gasteiger charge is 2.33. The van der Waals surface area contributed by atoms with Crippen LogP contribution in [0.4, 0.5) is 0 Å². The fourth-order valence-electron chi connectivity index (χ4n) is 5.25. The van der Waals surface area contributed by atoms with Crippen LogP contribution in [0, 0.1) is 40.9 Å². The Kier molecular flexibility index (Phi) is 7.54. The van der Waals surface area contributed by atoms with Crippen molar-refractivity contribution < 1.29 is 9.53 Å². The number of nitriles is 1. The molecule has 1 aromatic carbocycles. The van der Waals surface area contributed by atoms with E-state index in [0.717, 1.165) is 36.5 Å². The first-order valence-corrected chi connectivity index (χ1v) is 11.3. The summed E-state index contributed by atoms with van der Waals surface area (Å²) in [7, 11) is 0. The maximum Gasteiger partial charge on any atom is 0.314 e. The van der Waals surface area contributed by atoms with Crippen LogP contribution in [-0.2, 0) is 4.79 Å². The van der Waals surface area contributed by atoms with Crippen molar-refractivity contribution in [3.8, 4) is 11.8 Å². The largest absolute Gasteiger partial charge is 0.426 e. The molecule has 0 spiro atoms. The fourth-order valence-corrected chi connectivity index (χ4v) is 5.25. The molecule has 2 saturated carbocycles. The Morgan fingerprint density at radius 3 is 2.14 bits per heavy atom. The molecule has 2 fully saturated rings. The third-order valence-electron chi connectivity index (χ3n) is 7.30. The molecule has 0 amide bonds. The Hall–Kier alpha value is -1.82. The molecule has 3 heteroatoms. The zero-order valence-corrected chi connectivity index (χ0v) is 17.5. The zero-order chi connectivity index (χ0) is 19.9. The van der Waals surface area contributed by atoms with Crippen molar-refractivity contribution in [2.24, 2.45) is 29.6 Å². The molecule has 1 atom stereocenters. The molecule has 3 rings (SSSR count). The molecule has 0 aliphatic heterocycles. The van der Waals surface area contributed by atoms with Gasteiger partial charge in [0.25, 0.3) is 0 Å². The Morgan fingerprint density at radius 2 is 1.61 bits per heavy atom. The van der Waals surface area contributed by atoms with E-state index in [-0.39, 0.29) is 11.9 Å². The molecule has 28 heavy (non-hydrogen) atoms. The van der Waals surface area contributed by atoms with Crippen LogP contribution in [0.2, 0.25) is 0 Å². The molecule has 0 bridgehead atoms. The number of ether oxygens (including phenoxy) is 1. The molecule has 0 radical (unpaired) electrons. The third kappa shape index (κ3) is 5.60. The van der Waals surface area contributed by atoms with Crippen LogP contribution < -0.4 is 4.74 Å². The monoisotopic (exact) mass is 381 g/mol. The second kappa shape index (κ2) is 10.1. The number of benzene rings is 1. The average molecular weight is 382 g/mol. The van der Waals surface area contributed by atoms with Crippen molar-refractivity contribution in [1.82, 2.24) is 0 Å². The minimum atomic E-state index is -0.0968. The molecule has 1 aromatic rings. The second-order valence-corrected chi connectivity index (χ2v) is 9.20. The topological polar surface area (TPSA) is 50.1 Å². The molecule has 152 valence electrons. The minimum Gasteiger partial charge on any atom is -0.426 e. The lowest BCUT2D eigenvalue weighted by Crippen LogP contribution is -2.30. The molecule has 2 aliphatic rings. The SMILES string of the molecule is CCC(C)CC1CCC(C2CCC(C(=O)Oc3ccc(C#N)cc3)CC2)CC1. The lowest BCUT2D eigenvalue weighted by Gasteiger charge is -2.37. The zero-order valence-electron chi connectivity index (χ0n) is 17.5. The van der Waals surface area contributed by atoms with Gasteiger partial charge in [-0.3, -0.25) is 4.79 Å². The molecular formula is C25H35NO2. The van der Waals surface area contributed by atoms with E-state index in [4.69, 9.17) is 10.00 Å². The minimum absolute atomic E-state index is 0.0358. The first kappa shape index (κ1) is 20.9. The predicted molar refractivity (Wildman–Crippen MR) is 112 cm³/mol. The quantitative estimate of drug-likeness (QED) is 0.417. The maximum atomic E-state index is 12.5. The Bertz CT molecular complexity index is 659. The van der Waals surface area contributed by atoms with Gasteiger partial charge in [0.15, 0.2) is 0 Å². The average Bonchev–Trinajstić information content (AvgIpc) is 2.75. The van der Waals surface area contributed by atoms with Gasteiger partial charge in [-0.2, -0.15) is 5.26 Å². The molecular weight excluding hydrogens is 346 g/mol. The van der Waals surface area contributed by atoms with E-state index < -0.39 is 0 Å². The van der Waals surface area contributed by atoms with E-state index in [1.165, 1.54) is 51.4 Å². The van der Waals surface area contributed by atoms with Gasteiger partial charge in [-0.05, 0) is 92.9 Å². The van der Waals surface area contributed by atoms with E-state index in [2.05, 4.69) is 19.9 Å². The van der Waals surface area contributed by atoms with Crippen molar-refractivity contribution in [1.29, 1.82) is 5.26 Å². The molecule has 0 heterocycles. The Morgan fingerprint density at radius 1 is 1.04 bits per heavy atom. The molecule has 0 aromatic heterocycles. The molecule has 0 saturated heterocycles. The van der Waals surface area contributed by atoms with Gasteiger partial charge in [-0.1, -0.05) is 33.1 Å². The van der Waals surface area contributed by atoms with Gasteiger partial charge < -0.3 is 4.74 Å². The van der Waals surface area contributed by atoms with Crippen LogP contribution in [0.3, 0.4) is 0 Å². The van der Waals surface area contributed by atoms with E-state index in [0.29, 0.717) is 11.3 Å². The number of hydrogen-bond acceptors (Lipinski definition) is 3. The summed E-state index contributed by atoms with van der Waals surface area (Å²) in [4.78, 5) is 12.5. The van der Waals surface area contributed by atoms with Gasteiger partial charge in [0, 0.05) is 0 Å². The van der Waals surface area contributed by atoms with E-state index in [1.54, 1.807) is 24.3 Å². The van der Waals surface area contributed by atoms with Gasteiger partial charge in [0.1, 0.15) is 5.75 Å². The first-order chi connectivity index (χ1) is 13.6. The van der Waals surface area contributed by atoms with Gasteiger partial charge in [-0.15, -0.1) is 0 Å². The summed E-state index contributed by atoms with van der Waals surface area (Å²) in [6, 6.07) is 8.88. The fraction of sp³-hybridized carbons (Fsp3) is 0.680. The van der Waals surface area contributed by atoms with Crippen LogP contribution in [0.1, 0.15) is 83.6 Å². The number of rotatable bonds is 6. The number of esters is 1. The van der Waals surface area contributed by atoms with Crippen LogP contribution >= 0.6 is 0 Å². The van der Waals surface area contributed by atoms with Gasteiger partial charge in [0.05, 0.1) is 17.6 Å². The summed E-state index contributed by atoms with van der Waals surface area (Å²) in [5.41, 5.74) is 0.583. The van der Waals surface area contributed by atoms with Crippen LogP contribution in [0.5, 0.6) is 5.75 Å². The predicted octanol–water partition coefficient (Wildman–Crippen LogP) is 6.51. The summed E-state index contributed by atoms with van der Waals surface area (Å²) >= 11 is 0. The highest BCUT2D eigenvalue weighted by Crippen LogP contribution is 2.43. The highest BCUT2D eigenvalue weighted by molar-refractivity contribution is 5.75. The van der Waals surface area contributed by atoms with Crippen molar-refractivity contribution in [3.05, 3.63) is 29.8 Å². The molecule has 0 N–H and O–H groups in total. The second-order valence-electron chi connectivity index (χ2n) is 9.20. The number of nitrogens with zero attached hydrogens (tertiary/aromatic N) is 1. The van der Waals surface area contributed by atoms with Crippen LogP contribution in [-0.4, -0.2) is 5.97 Å². The lowest BCUT2D eigenvalue weighted by molar-refractivity contribution is -0.140. The van der Waals surface area contributed by atoms with Gasteiger partial charge in [0.2, 0.25) is 0 Å². The third-order valence-corrected chi connectivity index (χ3v) is 7.30. The van der Waals surface area contributed by atoms with E-state index in [9.17, 15) is 4.79 Å². The molecule has 2 aliphatic carbocycles. The van der Waals surface area contributed by atoms with Gasteiger partial charge in [-0.25, -0.2) is 0 Å². The summed E-state index contributed by atoms with van der Waals surface area (Å²) < 4.78 is 5.55. The molecule has 1 unspecified atom stereocenters.